The van der Waals surface area contributed by atoms with Crippen molar-refractivity contribution in [3.8, 4) is 0 Å². The van der Waals surface area contributed by atoms with Crippen LogP contribution in [0.15, 0.2) is 55.3 Å². The molecule has 3 rings (SSSR count). The molecule has 0 saturated carbocycles. The highest BCUT2D eigenvalue weighted by Gasteiger charge is 2.24. The summed E-state index contributed by atoms with van der Waals surface area (Å²) in [7, 11) is 0. The van der Waals surface area contributed by atoms with Gasteiger partial charge in [-0.2, -0.15) is 0 Å². The van der Waals surface area contributed by atoms with Crippen molar-refractivity contribution in [2.45, 2.75) is 0 Å². The summed E-state index contributed by atoms with van der Waals surface area (Å²) in [5.74, 6) is -0.0863. The molecule has 2 aromatic rings. The fraction of sp³-hybridized carbons (Fsp3) is 0. The molecule has 1 aromatic carbocycles. The van der Waals surface area contributed by atoms with E-state index in [0.717, 1.165) is 19.4 Å². The van der Waals surface area contributed by atoms with Crippen LogP contribution in [0.1, 0.15) is 10.4 Å². The fourth-order valence-electron chi connectivity index (χ4n) is 1.66. The van der Waals surface area contributed by atoms with E-state index in [-0.39, 0.29) is 0 Å². The van der Waals surface area contributed by atoms with Crippen LogP contribution in [-0.4, -0.2) is 11.9 Å². The van der Waals surface area contributed by atoms with Gasteiger partial charge in [0, 0.05) is 24.8 Å². The molecule has 3 nitrogen and oxygen atoms in total. The molecular weight excluding hydrogens is 406 g/mol. The number of hydrogen-bond acceptors (Lipinski definition) is 4. The van der Waals surface area contributed by atoms with E-state index in [1.54, 1.807) is 6.08 Å². The van der Waals surface area contributed by atoms with Gasteiger partial charge in [-0.25, -0.2) is 9.79 Å². The van der Waals surface area contributed by atoms with E-state index in [4.69, 9.17) is 4.74 Å². The second kappa shape index (κ2) is 5.63. The smallest absolute Gasteiger partial charge is 0.363 e. The van der Waals surface area contributed by atoms with Crippen LogP contribution in [0, 0.1) is 0 Å². The van der Waals surface area contributed by atoms with Crippen molar-refractivity contribution in [1.29, 1.82) is 0 Å². The first kappa shape index (κ1) is 13.7. The molecule has 0 spiro atoms. The maximum atomic E-state index is 11.8. The lowest BCUT2D eigenvalue weighted by molar-refractivity contribution is -0.129. The van der Waals surface area contributed by atoms with Gasteiger partial charge in [-0.1, -0.05) is 15.9 Å². The third kappa shape index (κ3) is 2.92. The van der Waals surface area contributed by atoms with Crippen molar-refractivity contribution in [3.05, 3.63) is 60.8 Å². The number of ether oxygens (including phenoxy) is 1. The highest BCUT2D eigenvalue weighted by Crippen LogP contribution is 2.25. The van der Waals surface area contributed by atoms with Crippen LogP contribution in [0.2, 0.25) is 0 Å². The van der Waals surface area contributed by atoms with Crippen molar-refractivity contribution in [1.82, 2.24) is 0 Å². The van der Waals surface area contributed by atoms with Crippen LogP contribution in [0.3, 0.4) is 0 Å². The lowest BCUT2D eigenvalue weighted by Gasteiger charge is -1.98. The van der Waals surface area contributed by atoms with Gasteiger partial charge in [-0.15, -0.1) is 11.3 Å². The molecule has 1 aliphatic heterocycles. The van der Waals surface area contributed by atoms with Crippen molar-refractivity contribution in [2.75, 3.05) is 0 Å². The minimum Gasteiger partial charge on any atom is -0.402 e. The number of hydrogen-bond donors (Lipinski definition) is 0. The summed E-state index contributed by atoms with van der Waals surface area (Å²) in [6, 6.07) is 9.38. The van der Waals surface area contributed by atoms with Gasteiger partial charge in [0.2, 0.25) is 5.90 Å². The molecule has 0 atom stereocenters. The van der Waals surface area contributed by atoms with Gasteiger partial charge in [0.25, 0.3) is 0 Å². The summed E-state index contributed by atoms with van der Waals surface area (Å²) in [6.07, 6.45) is 1.73. The van der Waals surface area contributed by atoms with Crippen molar-refractivity contribution in [3.63, 3.8) is 0 Å². The number of esters is 1. The zero-order valence-electron chi connectivity index (χ0n) is 9.97. The van der Waals surface area contributed by atoms with Gasteiger partial charge in [-0.3, -0.25) is 0 Å². The standard InChI is InChI=1S/C14H7Br2NO2S/c15-9-3-1-8(2-4-9)13-17-12(14(18)19-13)6-11-5-10(16)7-20-11/h1-7H. The van der Waals surface area contributed by atoms with Crippen LogP contribution >= 0.6 is 43.2 Å². The summed E-state index contributed by atoms with van der Waals surface area (Å²) in [5, 5.41) is 1.95. The molecule has 0 aliphatic carbocycles. The van der Waals surface area contributed by atoms with Crippen LogP contribution in [0.25, 0.3) is 6.08 Å². The number of cyclic esters (lactones) is 1. The zero-order chi connectivity index (χ0) is 14.1. The number of carbonyl (C=O) groups excluding carboxylic acids is 1. The van der Waals surface area contributed by atoms with E-state index in [0.29, 0.717) is 11.6 Å². The number of benzene rings is 1. The normalized spacial score (nSPS) is 16.4. The van der Waals surface area contributed by atoms with E-state index in [1.807, 2.05) is 35.7 Å². The van der Waals surface area contributed by atoms with Gasteiger partial charge in [0.15, 0.2) is 5.70 Å². The molecule has 0 bridgehead atoms. The number of nitrogens with zero attached hydrogens (tertiary/aromatic N) is 1. The Morgan fingerprint density at radius 1 is 1.15 bits per heavy atom. The first-order chi connectivity index (χ1) is 9.61. The minimum atomic E-state index is -0.424. The number of halogens is 2. The van der Waals surface area contributed by atoms with Gasteiger partial charge < -0.3 is 4.74 Å². The Morgan fingerprint density at radius 3 is 2.55 bits per heavy atom. The molecule has 1 aliphatic rings. The molecule has 1 aromatic heterocycles. The van der Waals surface area contributed by atoms with E-state index < -0.39 is 5.97 Å². The van der Waals surface area contributed by atoms with E-state index in [2.05, 4.69) is 36.9 Å². The third-order valence-electron chi connectivity index (χ3n) is 2.58. The summed E-state index contributed by atoms with van der Waals surface area (Å²) < 4.78 is 7.15. The molecule has 0 unspecified atom stereocenters. The monoisotopic (exact) mass is 411 g/mol. The molecule has 0 radical (unpaired) electrons. The summed E-state index contributed by atoms with van der Waals surface area (Å²) in [6.45, 7) is 0. The molecule has 2 heterocycles. The molecule has 0 fully saturated rings. The van der Waals surface area contributed by atoms with Crippen molar-refractivity contribution >= 4 is 61.1 Å². The largest absolute Gasteiger partial charge is 0.402 e. The first-order valence-electron chi connectivity index (χ1n) is 5.64. The van der Waals surface area contributed by atoms with Gasteiger partial charge in [-0.05, 0) is 52.3 Å². The highest BCUT2D eigenvalue weighted by atomic mass is 79.9. The van der Waals surface area contributed by atoms with Crippen LogP contribution in [0.4, 0.5) is 0 Å². The van der Waals surface area contributed by atoms with Crippen LogP contribution in [-0.2, 0) is 9.53 Å². The van der Waals surface area contributed by atoms with Crippen LogP contribution in [0.5, 0.6) is 0 Å². The SMILES string of the molecule is O=C1OC(c2ccc(Br)cc2)=NC1=Cc1cc(Br)cs1. The summed E-state index contributed by atoms with van der Waals surface area (Å²) in [5.41, 5.74) is 1.09. The Balaban J connectivity index is 1.92. The molecule has 20 heavy (non-hydrogen) atoms. The molecule has 0 saturated heterocycles. The van der Waals surface area contributed by atoms with Gasteiger partial charge in [0.1, 0.15) is 0 Å². The quantitative estimate of drug-likeness (QED) is 0.533. The number of carbonyl (C=O) groups is 1. The number of aliphatic imine (C=N–C) groups is 1. The second-order valence-corrected chi connectivity index (χ2v) is 6.78. The van der Waals surface area contributed by atoms with Gasteiger partial charge >= 0.3 is 5.97 Å². The molecule has 100 valence electrons. The topological polar surface area (TPSA) is 38.7 Å². The molecule has 6 heteroatoms. The Labute approximate surface area is 136 Å². The summed E-state index contributed by atoms with van der Waals surface area (Å²) in [4.78, 5) is 17.0. The Hall–Kier alpha value is -1.24. The Kier molecular flexibility index (Phi) is 3.87. The lowest BCUT2D eigenvalue weighted by Crippen LogP contribution is -2.04. The zero-order valence-corrected chi connectivity index (χ0v) is 14.0. The predicted molar refractivity (Wildman–Crippen MR) is 86.8 cm³/mol. The van der Waals surface area contributed by atoms with Crippen molar-refractivity contribution < 1.29 is 9.53 Å². The van der Waals surface area contributed by atoms with E-state index in [1.165, 1.54) is 11.3 Å². The average Bonchev–Trinajstić information content (AvgIpc) is 2.98. The minimum absolute atomic E-state index is 0.317. The molecule has 0 amide bonds. The van der Waals surface area contributed by atoms with Crippen molar-refractivity contribution in [2.24, 2.45) is 4.99 Å². The van der Waals surface area contributed by atoms with Crippen LogP contribution < -0.4 is 0 Å². The van der Waals surface area contributed by atoms with E-state index in [9.17, 15) is 4.79 Å². The first-order valence-corrected chi connectivity index (χ1v) is 8.11. The maximum Gasteiger partial charge on any atom is 0.363 e. The van der Waals surface area contributed by atoms with E-state index >= 15 is 0 Å². The fourth-order valence-corrected chi connectivity index (χ4v) is 3.30. The van der Waals surface area contributed by atoms with Gasteiger partial charge in [0.05, 0.1) is 0 Å². The Morgan fingerprint density at radius 2 is 1.90 bits per heavy atom. The average molecular weight is 413 g/mol. The maximum absolute atomic E-state index is 11.8. The lowest BCUT2D eigenvalue weighted by atomic mass is 10.2. The molecule has 0 N–H and O–H groups in total. The third-order valence-corrected chi connectivity index (χ3v) is 4.75. The molecular formula is C14H7Br2NO2S. The second-order valence-electron chi connectivity index (χ2n) is 4.01. The highest BCUT2D eigenvalue weighted by molar-refractivity contribution is 9.10. The number of rotatable bonds is 2. The summed E-state index contributed by atoms with van der Waals surface area (Å²) >= 11 is 8.27. The number of thiophene rings is 1. The predicted octanol–water partition coefficient (Wildman–Crippen LogP) is 4.62. The Bertz CT molecular complexity index is 732.